The predicted octanol–water partition coefficient (Wildman–Crippen LogP) is 0.448. The van der Waals surface area contributed by atoms with Crippen molar-refractivity contribution in [1.82, 2.24) is 4.90 Å². The Balaban J connectivity index is 2.07. The van der Waals surface area contributed by atoms with E-state index in [4.69, 9.17) is 22.1 Å². The molecule has 12 heteroatoms. The number of carbonyl (C=O) groups is 3. The Hall–Kier alpha value is -3.12. The van der Waals surface area contributed by atoms with E-state index >= 15 is 0 Å². The molecule has 0 fully saturated rings. The zero-order valence-corrected chi connectivity index (χ0v) is 20.0. The van der Waals surface area contributed by atoms with Crippen molar-refractivity contribution >= 4 is 29.1 Å². The zero-order chi connectivity index (χ0) is 26.4. The fourth-order valence-electron chi connectivity index (χ4n) is 5.77. The van der Waals surface area contributed by atoms with Gasteiger partial charge in [0, 0.05) is 29.0 Å². The van der Waals surface area contributed by atoms with Gasteiger partial charge in [-0.1, -0.05) is 11.6 Å². The monoisotopic (exact) mass is 508 g/mol. The van der Waals surface area contributed by atoms with Crippen LogP contribution in [0.3, 0.4) is 0 Å². The van der Waals surface area contributed by atoms with E-state index in [-0.39, 0.29) is 22.8 Å². The SMILES string of the molecule is COc1cc(O)c2c(c1Cl)C(C)(O)C1CC3C(N(C)C)C(O)=C(C(N)=O)C(=O)C3(O)C(O)=C1C2=O. The summed E-state index contributed by atoms with van der Waals surface area (Å²) >= 11 is 6.42. The fraction of sp³-hybridized carbons (Fsp3) is 0.435. The number of hydrogen-bond acceptors (Lipinski definition) is 10. The van der Waals surface area contributed by atoms with Gasteiger partial charge in [-0.25, -0.2) is 0 Å². The molecule has 5 unspecified atom stereocenters. The Morgan fingerprint density at radius 3 is 2.34 bits per heavy atom. The highest BCUT2D eigenvalue weighted by atomic mass is 35.5. The second-order valence-corrected chi connectivity index (χ2v) is 9.80. The fourth-order valence-corrected chi connectivity index (χ4v) is 6.19. The van der Waals surface area contributed by atoms with Crippen molar-refractivity contribution in [3.8, 4) is 11.5 Å². The zero-order valence-electron chi connectivity index (χ0n) is 19.3. The minimum absolute atomic E-state index is 0.00866. The lowest BCUT2D eigenvalue weighted by Gasteiger charge is -2.52. The Morgan fingerprint density at radius 1 is 1.23 bits per heavy atom. The van der Waals surface area contributed by atoms with Gasteiger partial charge in [0.2, 0.25) is 5.78 Å². The molecule has 0 radical (unpaired) electrons. The van der Waals surface area contributed by atoms with Crippen LogP contribution in [-0.4, -0.2) is 80.8 Å². The van der Waals surface area contributed by atoms with Crippen LogP contribution in [0.5, 0.6) is 11.5 Å². The molecule has 188 valence electrons. The predicted molar refractivity (Wildman–Crippen MR) is 121 cm³/mol. The number of rotatable bonds is 3. The van der Waals surface area contributed by atoms with Gasteiger partial charge in [-0.15, -0.1) is 0 Å². The number of carbonyl (C=O) groups excluding carboxylic acids is 3. The van der Waals surface area contributed by atoms with Crippen molar-refractivity contribution in [2.45, 2.75) is 30.6 Å². The lowest BCUT2D eigenvalue weighted by Crippen LogP contribution is -2.65. The number of aliphatic hydroxyl groups is 4. The number of primary amides is 1. The number of nitrogens with two attached hydrogens (primary N) is 1. The first kappa shape index (κ1) is 25.0. The van der Waals surface area contributed by atoms with Gasteiger partial charge in [0.15, 0.2) is 11.4 Å². The highest BCUT2D eigenvalue weighted by Crippen LogP contribution is 2.58. The molecular formula is C23H25ClN2O9. The summed E-state index contributed by atoms with van der Waals surface area (Å²) in [5.74, 6) is -8.60. The van der Waals surface area contributed by atoms with Crippen LogP contribution >= 0.6 is 11.6 Å². The van der Waals surface area contributed by atoms with E-state index in [1.165, 1.54) is 33.0 Å². The van der Waals surface area contributed by atoms with Crippen molar-refractivity contribution < 1.29 is 44.7 Å². The number of Topliss-reactive ketones (excluding diaryl/α,β-unsaturated/α-hetero) is 2. The molecule has 0 aliphatic heterocycles. The summed E-state index contributed by atoms with van der Waals surface area (Å²) in [5, 5.41) is 55.7. The van der Waals surface area contributed by atoms with Gasteiger partial charge in [0.05, 0.1) is 29.3 Å². The number of ether oxygens (including phenoxy) is 1. The van der Waals surface area contributed by atoms with Crippen LogP contribution < -0.4 is 10.5 Å². The van der Waals surface area contributed by atoms with Crippen LogP contribution in [0.25, 0.3) is 0 Å². The van der Waals surface area contributed by atoms with E-state index in [2.05, 4.69) is 0 Å². The molecule has 0 saturated heterocycles. The molecule has 4 rings (SSSR count). The molecule has 0 spiro atoms. The summed E-state index contributed by atoms with van der Waals surface area (Å²) in [6.45, 7) is 1.31. The van der Waals surface area contributed by atoms with Crippen molar-refractivity contribution in [2.75, 3.05) is 21.2 Å². The first-order chi connectivity index (χ1) is 16.1. The summed E-state index contributed by atoms with van der Waals surface area (Å²) in [6, 6.07) is -0.127. The maximum absolute atomic E-state index is 13.6. The van der Waals surface area contributed by atoms with Crippen molar-refractivity contribution in [2.24, 2.45) is 17.6 Å². The van der Waals surface area contributed by atoms with Gasteiger partial charge < -0.3 is 36.0 Å². The number of methoxy groups -OCH3 is 1. The first-order valence-corrected chi connectivity index (χ1v) is 11.0. The summed E-state index contributed by atoms with van der Waals surface area (Å²) in [5.41, 5.74) is -1.52. The molecule has 1 aromatic rings. The third kappa shape index (κ3) is 2.99. The average Bonchev–Trinajstić information content (AvgIpc) is 2.75. The normalized spacial score (nSPS) is 32.4. The van der Waals surface area contributed by atoms with E-state index in [1.54, 1.807) is 0 Å². The smallest absolute Gasteiger partial charge is 0.255 e. The minimum atomic E-state index is -2.81. The second kappa shape index (κ2) is 7.69. The Kier molecular flexibility index (Phi) is 5.49. The van der Waals surface area contributed by atoms with E-state index in [0.29, 0.717) is 0 Å². The number of amides is 1. The molecule has 0 bridgehead atoms. The third-order valence-corrected chi connectivity index (χ3v) is 7.75. The molecule has 3 aliphatic rings. The molecule has 0 aromatic heterocycles. The molecule has 0 saturated carbocycles. The van der Waals surface area contributed by atoms with Crippen molar-refractivity contribution in [3.05, 3.63) is 44.9 Å². The van der Waals surface area contributed by atoms with E-state index in [0.717, 1.165) is 6.07 Å². The van der Waals surface area contributed by atoms with E-state index in [9.17, 15) is 39.9 Å². The van der Waals surface area contributed by atoms with Gasteiger partial charge in [0.1, 0.15) is 28.6 Å². The van der Waals surface area contributed by atoms with Crippen LogP contribution in [-0.2, 0) is 15.2 Å². The molecule has 5 atom stereocenters. The van der Waals surface area contributed by atoms with Crippen molar-refractivity contribution in [1.29, 1.82) is 0 Å². The first-order valence-electron chi connectivity index (χ1n) is 10.6. The quantitative estimate of drug-likeness (QED) is 0.312. The van der Waals surface area contributed by atoms with Crippen LogP contribution in [0.1, 0.15) is 29.3 Å². The number of likely N-dealkylation sites (N-methyl/N-ethyl adjacent to an activating group) is 1. The number of halogens is 1. The Bertz CT molecular complexity index is 1270. The molecule has 11 nitrogen and oxygen atoms in total. The number of aromatic hydroxyl groups is 1. The summed E-state index contributed by atoms with van der Waals surface area (Å²) < 4.78 is 5.14. The highest BCUT2D eigenvalue weighted by Gasteiger charge is 2.66. The number of ketones is 2. The number of nitrogens with zero attached hydrogens (tertiary/aromatic N) is 1. The molecule has 7 N–H and O–H groups in total. The lowest BCUT2D eigenvalue weighted by atomic mass is 9.55. The van der Waals surface area contributed by atoms with E-state index in [1.807, 2.05) is 0 Å². The van der Waals surface area contributed by atoms with Gasteiger partial charge in [-0.3, -0.25) is 19.3 Å². The lowest BCUT2D eigenvalue weighted by molar-refractivity contribution is -0.151. The highest BCUT2D eigenvalue weighted by molar-refractivity contribution is 6.34. The Labute approximate surface area is 204 Å². The second-order valence-electron chi connectivity index (χ2n) is 9.42. The average molecular weight is 509 g/mol. The standard InChI is InChI=1S/C23H25ClN2O9/c1-22(33)7-5-8-16(26(2)3)18(29)13(21(25)32)20(31)23(8,34)19(30)11(7)17(28)12-9(27)6-10(35-4)15(24)14(12)22/h6-8,16,27,29-30,33-34H,5H2,1-4H3,(H2,25,32). The van der Waals surface area contributed by atoms with Crippen LogP contribution in [0.4, 0.5) is 0 Å². The maximum atomic E-state index is 13.6. The van der Waals surface area contributed by atoms with Crippen LogP contribution in [0, 0.1) is 11.8 Å². The number of phenolic OH excluding ortho intramolecular Hbond substituents is 1. The molecule has 1 aromatic carbocycles. The number of benzene rings is 1. The van der Waals surface area contributed by atoms with Gasteiger partial charge >= 0.3 is 0 Å². The number of fused-ring (bicyclic) bond motifs is 3. The summed E-state index contributed by atoms with van der Waals surface area (Å²) in [6.07, 6.45) is -0.299. The Morgan fingerprint density at radius 2 is 1.83 bits per heavy atom. The molecule has 35 heavy (non-hydrogen) atoms. The number of aliphatic hydroxyl groups excluding tert-OH is 2. The summed E-state index contributed by atoms with van der Waals surface area (Å²) in [7, 11) is 4.29. The van der Waals surface area contributed by atoms with Crippen LogP contribution in [0.2, 0.25) is 5.02 Å². The topological polar surface area (TPSA) is 191 Å². The molecule has 0 heterocycles. The number of phenols is 1. The van der Waals surface area contributed by atoms with Gasteiger partial charge in [-0.05, 0) is 27.4 Å². The van der Waals surface area contributed by atoms with Gasteiger partial charge in [-0.2, -0.15) is 0 Å². The molecule has 1 amide bonds. The van der Waals surface area contributed by atoms with E-state index < -0.39 is 80.5 Å². The van der Waals surface area contributed by atoms with Gasteiger partial charge in [0.25, 0.3) is 5.91 Å². The van der Waals surface area contributed by atoms with Crippen molar-refractivity contribution in [3.63, 3.8) is 0 Å². The molecular weight excluding hydrogens is 484 g/mol. The third-order valence-electron chi connectivity index (χ3n) is 7.37. The minimum Gasteiger partial charge on any atom is -0.510 e. The van der Waals surface area contributed by atoms with Crippen LogP contribution in [0.15, 0.2) is 28.7 Å². The maximum Gasteiger partial charge on any atom is 0.255 e. The summed E-state index contributed by atoms with van der Waals surface area (Å²) in [4.78, 5) is 40.3. The largest absolute Gasteiger partial charge is 0.510 e. The molecule has 3 aliphatic carbocycles. The number of hydrogen-bond donors (Lipinski definition) is 6.